The molecule has 0 spiro atoms. The third-order valence-electron chi connectivity index (χ3n) is 2.90. The molecule has 2 unspecified atom stereocenters. The van der Waals surface area contributed by atoms with Crippen LogP contribution >= 0.6 is 0 Å². The fourth-order valence-electron chi connectivity index (χ4n) is 1.81. The number of nitrogens with two attached hydrogens (primary N) is 1. The van der Waals surface area contributed by atoms with Crippen LogP contribution in [0.15, 0.2) is 12.2 Å². The van der Waals surface area contributed by atoms with Gasteiger partial charge >= 0.3 is 0 Å². The van der Waals surface area contributed by atoms with Crippen molar-refractivity contribution < 1.29 is 8.42 Å². The van der Waals surface area contributed by atoms with Crippen LogP contribution in [0.4, 0.5) is 0 Å². The Morgan fingerprint density at radius 3 is 2.71 bits per heavy atom. The van der Waals surface area contributed by atoms with Crippen LogP contribution in [-0.4, -0.2) is 26.0 Å². The highest BCUT2D eigenvalue weighted by Gasteiger charge is 2.31. The van der Waals surface area contributed by atoms with Crippen LogP contribution in [0, 0.1) is 5.92 Å². The minimum atomic E-state index is -2.79. The SMILES string of the molecule is C=C(CC)CC(N)C1CCS(=O)(=O)C1. The molecule has 3 nitrogen and oxygen atoms in total. The van der Waals surface area contributed by atoms with E-state index in [-0.39, 0.29) is 17.7 Å². The summed E-state index contributed by atoms with van der Waals surface area (Å²) in [6, 6.07) is -0.0280. The summed E-state index contributed by atoms with van der Waals surface area (Å²) >= 11 is 0. The minimum Gasteiger partial charge on any atom is -0.327 e. The lowest BCUT2D eigenvalue weighted by Gasteiger charge is -2.18. The molecule has 4 heteroatoms. The van der Waals surface area contributed by atoms with Crippen molar-refractivity contribution in [1.29, 1.82) is 0 Å². The van der Waals surface area contributed by atoms with E-state index in [9.17, 15) is 8.42 Å². The maximum Gasteiger partial charge on any atom is 0.150 e. The first-order valence-electron chi connectivity index (χ1n) is 5.07. The van der Waals surface area contributed by atoms with Crippen LogP contribution in [0.2, 0.25) is 0 Å². The van der Waals surface area contributed by atoms with Gasteiger partial charge in [-0.15, -0.1) is 0 Å². The van der Waals surface area contributed by atoms with E-state index in [1.807, 2.05) is 6.92 Å². The van der Waals surface area contributed by atoms with Gasteiger partial charge in [0.15, 0.2) is 9.84 Å². The second kappa shape index (κ2) is 4.45. The molecule has 1 aliphatic heterocycles. The second-order valence-electron chi connectivity index (χ2n) is 4.13. The van der Waals surface area contributed by atoms with Crippen molar-refractivity contribution in [3.05, 3.63) is 12.2 Å². The average molecular weight is 217 g/mol. The van der Waals surface area contributed by atoms with Crippen LogP contribution in [0.25, 0.3) is 0 Å². The van der Waals surface area contributed by atoms with Gasteiger partial charge in [0.05, 0.1) is 11.5 Å². The van der Waals surface area contributed by atoms with Gasteiger partial charge in [-0.25, -0.2) is 8.42 Å². The molecule has 1 aliphatic rings. The zero-order chi connectivity index (χ0) is 10.8. The van der Waals surface area contributed by atoms with Crippen LogP contribution in [-0.2, 0) is 9.84 Å². The molecular formula is C10H19NO2S. The van der Waals surface area contributed by atoms with Crippen molar-refractivity contribution in [2.24, 2.45) is 11.7 Å². The van der Waals surface area contributed by atoms with E-state index in [1.165, 1.54) is 0 Å². The molecule has 1 rings (SSSR count). The molecule has 0 aliphatic carbocycles. The van der Waals surface area contributed by atoms with E-state index in [0.717, 1.165) is 24.8 Å². The predicted molar refractivity (Wildman–Crippen MR) is 58.8 cm³/mol. The van der Waals surface area contributed by atoms with Gasteiger partial charge in [-0.05, 0) is 25.2 Å². The highest BCUT2D eigenvalue weighted by molar-refractivity contribution is 7.91. The zero-order valence-electron chi connectivity index (χ0n) is 8.70. The molecule has 14 heavy (non-hydrogen) atoms. The first kappa shape index (κ1) is 11.7. The highest BCUT2D eigenvalue weighted by Crippen LogP contribution is 2.24. The lowest BCUT2D eigenvalue weighted by atomic mass is 9.93. The smallest absolute Gasteiger partial charge is 0.150 e. The maximum absolute atomic E-state index is 11.2. The second-order valence-corrected chi connectivity index (χ2v) is 6.36. The first-order valence-corrected chi connectivity index (χ1v) is 6.89. The molecular weight excluding hydrogens is 198 g/mol. The zero-order valence-corrected chi connectivity index (χ0v) is 9.52. The first-order chi connectivity index (χ1) is 6.44. The molecule has 1 saturated heterocycles. The van der Waals surface area contributed by atoms with Gasteiger partial charge in [0.25, 0.3) is 0 Å². The average Bonchev–Trinajstić information content (AvgIpc) is 2.46. The lowest BCUT2D eigenvalue weighted by molar-refractivity contribution is 0.457. The predicted octanol–water partition coefficient (Wildman–Crippen LogP) is 1.10. The van der Waals surface area contributed by atoms with Crippen LogP contribution in [0.5, 0.6) is 0 Å². The summed E-state index contributed by atoms with van der Waals surface area (Å²) in [6.45, 7) is 5.93. The van der Waals surface area contributed by atoms with Gasteiger partial charge < -0.3 is 5.73 Å². The molecule has 1 fully saturated rings. The summed E-state index contributed by atoms with van der Waals surface area (Å²) in [5.41, 5.74) is 7.06. The van der Waals surface area contributed by atoms with E-state index in [4.69, 9.17) is 5.73 Å². The van der Waals surface area contributed by atoms with Crippen molar-refractivity contribution in [3.8, 4) is 0 Å². The van der Waals surface area contributed by atoms with E-state index in [0.29, 0.717) is 5.75 Å². The molecule has 2 N–H and O–H groups in total. The molecule has 0 radical (unpaired) electrons. The maximum atomic E-state index is 11.2. The molecule has 82 valence electrons. The quantitative estimate of drug-likeness (QED) is 0.717. The fourth-order valence-corrected chi connectivity index (χ4v) is 3.70. The van der Waals surface area contributed by atoms with Crippen LogP contribution < -0.4 is 5.73 Å². The Morgan fingerprint density at radius 1 is 1.64 bits per heavy atom. The van der Waals surface area contributed by atoms with Gasteiger partial charge in [-0.2, -0.15) is 0 Å². The number of hydrogen-bond donors (Lipinski definition) is 1. The lowest BCUT2D eigenvalue weighted by Crippen LogP contribution is -2.31. The van der Waals surface area contributed by atoms with Gasteiger partial charge in [-0.1, -0.05) is 19.1 Å². The number of hydrogen-bond acceptors (Lipinski definition) is 3. The molecule has 1 heterocycles. The topological polar surface area (TPSA) is 60.2 Å². The van der Waals surface area contributed by atoms with Crippen molar-refractivity contribution >= 4 is 9.84 Å². The van der Waals surface area contributed by atoms with Gasteiger partial charge in [0.1, 0.15) is 0 Å². The number of sulfone groups is 1. The Hall–Kier alpha value is -0.350. The molecule has 0 saturated carbocycles. The monoisotopic (exact) mass is 217 g/mol. The molecule has 0 amide bonds. The van der Waals surface area contributed by atoms with Gasteiger partial charge in [0.2, 0.25) is 0 Å². The summed E-state index contributed by atoms with van der Waals surface area (Å²) in [5.74, 6) is 0.720. The van der Waals surface area contributed by atoms with Crippen molar-refractivity contribution in [2.75, 3.05) is 11.5 Å². The Bertz CT molecular complexity index is 308. The fraction of sp³-hybridized carbons (Fsp3) is 0.800. The summed E-state index contributed by atoms with van der Waals surface area (Å²) in [4.78, 5) is 0. The Morgan fingerprint density at radius 2 is 2.29 bits per heavy atom. The third kappa shape index (κ3) is 3.10. The normalized spacial score (nSPS) is 27.4. The van der Waals surface area contributed by atoms with E-state index in [1.54, 1.807) is 0 Å². The summed E-state index contributed by atoms with van der Waals surface area (Å²) in [5, 5.41) is 0. The van der Waals surface area contributed by atoms with Gasteiger partial charge in [0, 0.05) is 6.04 Å². The molecule has 0 aromatic rings. The highest BCUT2D eigenvalue weighted by atomic mass is 32.2. The Kier molecular flexibility index (Phi) is 3.72. The summed E-state index contributed by atoms with van der Waals surface area (Å²) in [7, 11) is -2.79. The van der Waals surface area contributed by atoms with Crippen molar-refractivity contribution in [1.82, 2.24) is 0 Å². The van der Waals surface area contributed by atoms with E-state index < -0.39 is 9.84 Å². The summed E-state index contributed by atoms with van der Waals surface area (Å²) in [6.07, 6.45) is 2.41. The largest absolute Gasteiger partial charge is 0.327 e. The molecule has 0 aromatic heterocycles. The Labute approximate surface area is 86.3 Å². The molecule has 2 atom stereocenters. The standard InChI is InChI=1S/C10H19NO2S/c1-3-8(2)6-10(11)9-4-5-14(12,13)7-9/h9-10H,2-7,11H2,1H3. The Balaban J connectivity index is 2.47. The van der Waals surface area contributed by atoms with Gasteiger partial charge in [-0.3, -0.25) is 0 Å². The van der Waals surface area contributed by atoms with E-state index in [2.05, 4.69) is 6.58 Å². The third-order valence-corrected chi connectivity index (χ3v) is 4.69. The van der Waals surface area contributed by atoms with Crippen molar-refractivity contribution in [2.45, 2.75) is 32.2 Å². The molecule has 0 aromatic carbocycles. The molecule has 0 bridgehead atoms. The minimum absolute atomic E-state index is 0.0280. The van der Waals surface area contributed by atoms with Crippen molar-refractivity contribution in [3.63, 3.8) is 0 Å². The van der Waals surface area contributed by atoms with Crippen LogP contribution in [0.3, 0.4) is 0 Å². The van der Waals surface area contributed by atoms with E-state index >= 15 is 0 Å². The number of rotatable bonds is 4. The summed E-state index contributed by atoms with van der Waals surface area (Å²) < 4.78 is 22.4. The van der Waals surface area contributed by atoms with Crippen LogP contribution in [0.1, 0.15) is 26.2 Å².